The molecule has 1 aromatic heterocycles. The molecule has 0 spiro atoms. The summed E-state index contributed by atoms with van der Waals surface area (Å²) in [5.74, 6) is 2.57. The number of para-hydroxylation sites is 1. The first-order chi connectivity index (χ1) is 9.15. The highest BCUT2D eigenvalue weighted by molar-refractivity contribution is 5.73. The van der Waals surface area contributed by atoms with E-state index in [4.69, 9.17) is 10.3 Å². The summed E-state index contributed by atoms with van der Waals surface area (Å²) in [5.41, 5.74) is 8.66. The quantitative estimate of drug-likeness (QED) is 0.836. The van der Waals surface area contributed by atoms with E-state index < -0.39 is 0 Å². The Balaban J connectivity index is 1.91. The van der Waals surface area contributed by atoms with Crippen LogP contribution in [0.3, 0.4) is 0 Å². The molecule has 0 amide bonds. The number of hydrogen-bond donors (Lipinski definition) is 1. The largest absolute Gasteiger partial charge is 0.398 e. The van der Waals surface area contributed by atoms with Crippen molar-refractivity contribution < 1.29 is 4.52 Å². The molecule has 0 aliphatic heterocycles. The predicted molar refractivity (Wildman–Crippen MR) is 74.6 cm³/mol. The van der Waals surface area contributed by atoms with Crippen LogP contribution in [0, 0.1) is 12.8 Å². The fraction of sp³-hybridized carbons (Fsp3) is 0.467. The van der Waals surface area contributed by atoms with Crippen LogP contribution in [-0.2, 0) is 0 Å². The predicted octanol–water partition coefficient (Wildman–Crippen LogP) is 3.53. The number of rotatable bonds is 2. The van der Waals surface area contributed by atoms with Crippen LogP contribution in [0.25, 0.3) is 11.5 Å². The van der Waals surface area contributed by atoms with Crippen molar-refractivity contribution in [1.29, 1.82) is 0 Å². The fourth-order valence-corrected chi connectivity index (χ4v) is 2.82. The second-order valence-corrected chi connectivity index (χ2v) is 5.61. The van der Waals surface area contributed by atoms with E-state index in [0.29, 0.717) is 11.8 Å². The van der Waals surface area contributed by atoms with Gasteiger partial charge in [-0.15, -0.1) is 0 Å². The molecule has 100 valence electrons. The molecule has 19 heavy (non-hydrogen) atoms. The second kappa shape index (κ2) is 4.68. The van der Waals surface area contributed by atoms with Gasteiger partial charge in [-0.25, -0.2) is 0 Å². The summed E-state index contributed by atoms with van der Waals surface area (Å²) in [6, 6.07) is 5.87. The van der Waals surface area contributed by atoms with Crippen molar-refractivity contribution in [3.8, 4) is 11.5 Å². The van der Waals surface area contributed by atoms with E-state index >= 15 is 0 Å². The van der Waals surface area contributed by atoms with Crippen LogP contribution >= 0.6 is 0 Å². The summed E-state index contributed by atoms with van der Waals surface area (Å²) >= 11 is 0. The Bertz CT molecular complexity index is 591. The van der Waals surface area contributed by atoms with Crippen molar-refractivity contribution in [2.45, 2.75) is 39.0 Å². The van der Waals surface area contributed by atoms with Gasteiger partial charge in [-0.05, 0) is 43.7 Å². The van der Waals surface area contributed by atoms with Crippen LogP contribution in [-0.4, -0.2) is 10.1 Å². The van der Waals surface area contributed by atoms with Crippen molar-refractivity contribution in [2.75, 3.05) is 5.73 Å². The topological polar surface area (TPSA) is 64.9 Å². The normalized spacial score (nSPS) is 22.8. The van der Waals surface area contributed by atoms with Crippen molar-refractivity contribution in [2.24, 2.45) is 5.92 Å². The first-order valence-corrected chi connectivity index (χ1v) is 6.84. The molecule has 3 rings (SSSR count). The summed E-state index contributed by atoms with van der Waals surface area (Å²) in [6.07, 6.45) is 3.56. The third kappa shape index (κ3) is 2.23. The van der Waals surface area contributed by atoms with Gasteiger partial charge in [0.2, 0.25) is 0 Å². The highest BCUT2D eigenvalue weighted by Gasteiger charge is 2.27. The van der Waals surface area contributed by atoms with Crippen LogP contribution in [0.4, 0.5) is 5.69 Å². The van der Waals surface area contributed by atoms with Gasteiger partial charge in [-0.2, -0.15) is 4.98 Å². The number of aryl methyl sites for hydroxylation is 1. The lowest BCUT2D eigenvalue weighted by molar-refractivity contribution is 0.415. The summed E-state index contributed by atoms with van der Waals surface area (Å²) in [5, 5.41) is 4.14. The van der Waals surface area contributed by atoms with Gasteiger partial charge in [0, 0.05) is 11.6 Å². The molecule has 4 nitrogen and oxygen atoms in total. The maximum atomic E-state index is 6.07. The first kappa shape index (κ1) is 12.2. The Morgan fingerprint density at radius 2 is 2.16 bits per heavy atom. The molecule has 1 aliphatic rings. The van der Waals surface area contributed by atoms with Gasteiger partial charge in [0.25, 0.3) is 5.89 Å². The van der Waals surface area contributed by atoms with E-state index in [1.165, 1.54) is 6.42 Å². The Morgan fingerprint density at radius 3 is 2.89 bits per heavy atom. The summed E-state index contributed by atoms with van der Waals surface area (Å²) in [6.45, 7) is 4.26. The van der Waals surface area contributed by atoms with Gasteiger partial charge in [0.15, 0.2) is 5.82 Å². The zero-order valence-corrected chi connectivity index (χ0v) is 11.4. The zero-order chi connectivity index (χ0) is 13.4. The number of anilines is 1. The lowest BCUT2D eigenvalue weighted by Crippen LogP contribution is -1.97. The molecule has 1 saturated carbocycles. The Labute approximate surface area is 113 Å². The van der Waals surface area contributed by atoms with Crippen LogP contribution < -0.4 is 5.73 Å². The number of nitrogens with two attached hydrogens (primary N) is 1. The monoisotopic (exact) mass is 257 g/mol. The molecule has 1 fully saturated rings. The zero-order valence-electron chi connectivity index (χ0n) is 11.4. The minimum atomic E-state index is 0.443. The highest BCUT2D eigenvalue weighted by Crippen LogP contribution is 2.37. The smallest absolute Gasteiger partial charge is 0.260 e. The van der Waals surface area contributed by atoms with Crippen LogP contribution in [0.2, 0.25) is 0 Å². The van der Waals surface area contributed by atoms with Crippen LogP contribution in [0.1, 0.15) is 43.5 Å². The number of benzene rings is 1. The van der Waals surface area contributed by atoms with Crippen LogP contribution in [0.5, 0.6) is 0 Å². The molecule has 4 heteroatoms. The molecule has 2 N–H and O–H groups in total. The van der Waals surface area contributed by atoms with Gasteiger partial charge >= 0.3 is 0 Å². The molecule has 2 atom stereocenters. The van der Waals surface area contributed by atoms with E-state index in [0.717, 1.165) is 41.4 Å². The number of aromatic nitrogens is 2. The van der Waals surface area contributed by atoms with Gasteiger partial charge in [-0.1, -0.05) is 24.2 Å². The van der Waals surface area contributed by atoms with Crippen molar-refractivity contribution >= 4 is 5.69 Å². The Morgan fingerprint density at radius 1 is 1.32 bits per heavy atom. The Hall–Kier alpha value is -1.84. The average molecular weight is 257 g/mol. The SMILES string of the molecule is Cc1cccc(-c2nc(C3CCC(C)C3)no2)c1N. The molecule has 1 aliphatic carbocycles. The molecule has 2 aromatic rings. The van der Waals surface area contributed by atoms with E-state index in [1.807, 2.05) is 25.1 Å². The van der Waals surface area contributed by atoms with E-state index in [9.17, 15) is 0 Å². The van der Waals surface area contributed by atoms with E-state index in [1.54, 1.807) is 0 Å². The molecular weight excluding hydrogens is 238 g/mol. The summed E-state index contributed by atoms with van der Waals surface area (Å²) < 4.78 is 5.39. The minimum Gasteiger partial charge on any atom is -0.398 e. The lowest BCUT2D eigenvalue weighted by atomic mass is 10.1. The van der Waals surface area contributed by atoms with Gasteiger partial charge < -0.3 is 10.3 Å². The third-order valence-corrected chi connectivity index (χ3v) is 4.06. The minimum absolute atomic E-state index is 0.443. The maximum Gasteiger partial charge on any atom is 0.260 e. The van der Waals surface area contributed by atoms with Gasteiger partial charge in [0.05, 0.1) is 5.56 Å². The highest BCUT2D eigenvalue weighted by atomic mass is 16.5. The maximum absolute atomic E-state index is 6.07. The van der Waals surface area contributed by atoms with Crippen molar-refractivity contribution in [1.82, 2.24) is 10.1 Å². The van der Waals surface area contributed by atoms with E-state index in [-0.39, 0.29) is 0 Å². The number of hydrogen-bond acceptors (Lipinski definition) is 4. The summed E-state index contributed by atoms with van der Waals surface area (Å²) in [7, 11) is 0. The molecular formula is C15H19N3O. The molecule has 2 unspecified atom stereocenters. The van der Waals surface area contributed by atoms with Gasteiger partial charge in [-0.3, -0.25) is 0 Å². The first-order valence-electron chi connectivity index (χ1n) is 6.84. The second-order valence-electron chi connectivity index (χ2n) is 5.61. The number of nitrogen functional groups attached to an aromatic ring is 1. The molecule has 1 heterocycles. The lowest BCUT2D eigenvalue weighted by Gasteiger charge is -2.04. The van der Waals surface area contributed by atoms with Crippen molar-refractivity contribution in [3.05, 3.63) is 29.6 Å². The average Bonchev–Trinajstić information content (AvgIpc) is 3.01. The molecule has 0 bridgehead atoms. The van der Waals surface area contributed by atoms with E-state index in [2.05, 4.69) is 17.1 Å². The Kier molecular flexibility index (Phi) is 3.01. The van der Waals surface area contributed by atoms with Crippen molar-refractivity contribution in [3.63, 3.8) is 0 Å². The number of nitrogens with zero attached hydrogens (tertiary/aromatic N) is 2. The molecule has 0 saturated heterocycles. The standard InChI is InChI=1S/C15H19N3O/c1-9-6-7-11(8-9)14-17-15(19-18-14)12-5-3-4-10(2)13(12)16/h3-5,9,11H,6-8,16H2,1-2H3. The fourth-order valence-electron chi connectivity index (χ4n) is 2.82. The van der Waals surface area contributed by atoms with Gasteiger partial charge in [0.1, 0.15) is 0 Å². The summed E-state index contributed by atoms with van der Waals surface area (Å²) in [4.78, 5) is 4.54. The molecule has 1 aromatic carbocycles. The van der Waals surface area contributed by atoms with Crippen LogP contribution in [0.15, 0.2) is 22.7 Å². The molecule has 0 radical (unpaired) electrons. The third-order valence-electron chi connectivity index (χ3n) is 4.06.